The Hall–Kier alpha value is -0.275. The van der Waals surface area contributed by atoms with Gasteiger partial charge in [0.05, 0.1) is 12.2 Å². The first-order valence-corrected chi connectivity index (χ1v) is 3.66. The van der Waals surface area contributed by atoms with Crippen molar-refractivity contribution < 1.29 is 9.31 Å². The minimum absolute atomic E-state index is 0.0532. The predicted molar refractivity (Wildman–Crippen MR) is 41.9 cm³/mol. The summed E-state index contributed by atoms with van der Waals surface area (Å²) in [5.41, 5.74) is 0. The van der Waals surface area contributed by atoms with Crippen LogP contribution < -0.4 is 0 Å². The van der Waals surface area contributed by atoms with Gasteiger partial charge in [-0.25, -0.2) is 0 Å². The monoisotopic (exact) mass is 140 g/mol. The third kappa shape index (κ3) is 1.61. The lowest BCUT2D eigenvalue weighted by Crippen LogP contribution is -2.13. The molecular formula is C7H13BO2. The first kappa shape index (κ1) is 7.83. The summed E-state index contributed by atoms with van der Waals surface area (Å²) >= 11 is 0. The fourth-order valence-electron chi connectivity index (χ4n) is 0.979. The summed E-state index contributed by atoms with van der Waals surface area (Å²) in [5, 5.41) is 0. The largest absolute Gasteiger partial charge is 0.461 e. The summed E-state index contributed by atoms with van der Waals surface area (Å²) < 4.78 is 10.8. The average Bonchev–Trinajstić information content (AvgIpc) is 2.14. The SMILES string of the molecule is C=CCB1O[C@H](C)[C@@H](C)O1. The molecule has 0 aliphatic carbocycles. The molecule has 1 aliphatic rings. The van der Waals surface area contributed by atoms with Gasteiger partial charge in [0.15, 0.2) is 0 Å². The molecule has 2 atom stereocenters. The predicted octanol–water partition coefficient (Wildman–Crippen LogP) is 1.48. The molecule has 0 aromatic heterocycles. The third-order valence-electron chi connectivity index (χ3n) is 1.75. The van der Waals surface area contributed by atoms with Crippen LogP contribution in [0, 0.1) is 0 Å². The van der Waals surface area contributed by atoms with E-state index in [1.165, 1.54) is 0 Å². The Kier molecular flexibility index (Phi) is 2.52. The highest BCUT2D eigenvalue weighted by atomic mass is 16.6. The van der Waals surface area contributed by atoms with Gasteiger partial charge in [0.2, 0.25) is 0 Å². The van der Waals surface area contributed by atoms with Gasteiger partial charge >= 0.3 is 7.12 Å². The molecule has 10 heavy (non-hydrogen) atoms. The molecule has 1 aliphatic heterocycles. The van der Waals surface area contributed by atoms with E-state index >= 15 is 0 Å². The van der Waals surface area contributed by atoms with Gasteiger partial charge in [-0.15, -0.1) is 6.58 Å². The summed E-state index contributed by atoms with van der Waals surface area (Å²) in [4.78, 5) is 0. The van der Waals surface area contributed by atoms with Gasteiger partial charge in [0.1, 0.15) is 0 Å². The highest BCUT2D eigenvalue weighted by Gasteiger charge is 2.32. The molecule has 0 spiro atoms. The minimum atomic E-state index is -0.0532. The number of hydrogen-bond acceptors (Lipinski definition) is 2. The molecule has 0 radical (unpaired) electrons. The summed E-state index contributed by atoms with van der Waals surface area (Å²) in [7, 11) is -0.0532. The molecule has 0 bridgehead atoms. The minimum Gasteiger partial charge on any atom is -0.406 e. The molecule has 1 fully saturated rings. The Bertz CT molecular complexity index is 117. The van der Waals surface area contributed by atoms with Crippen LogP contribution in [0.5, 0.6) is 0 Å². The van der Waals surface area contributed by atoms with Crippen molar-refractivity contribution in [3.05, 3.63) is 12.7 Å². The molecule has 0 amide bonds. The van der Waals surface area contributed by atoms with Crippen molar-refractivity contribution in [3.63, 3.8) is 0 Å². The van der Waals surface area contributed by atoms with Gasteiger partial charge in [-0.2, -0.15) is 0 Å². The lowest BCUT2D eigenvalue weighted by atomic mass is 9.86. The number of hydrogen-bond donors (Lipinski definition) is 0. The lowest BCUT2D eigenvalue weighted by Gasteiger charge is -2.04. The summed E-state index contributed by atoms with van der Waals surface area (Å²) in [6.07, 6.45) is 3.05. The molecule has 0 saturated carbocycles. The van der Waals surface area contributed by atoms with Crippen molar-refractivity contribution in [2.45, 2.75) is 32.4 Å². The van der Waals surface area contributed by atoms with Gasteiger partial charge in [-0.3, -0.25) is 0 Å². The van der Waals surface area contributed by atoms with E-state index in [-0.39, 0.29) is 19.3 Å². The molecule has 3 heteroatoms. The van der Waals surface area contributed by atoms with Crippen molar-refractivity contribution in [2.75, 3.05) is 0 Å². The van der Waals surface area contributed by atoms with Crippen molar-refractivity contribution in [3.8, 4) is 0 Å². The highest BCUT2D eigenvalue weighted by molar-refractivity contribution is 6.45. The van der Waals surface area contributed by atoms with Crippen LogP contribution in [-0.2, 0) is 9.31 Å². The first-order valence-electron chi connectivity index (χ1n) is 3.66. The standard InChI is InChI=1S/C7H13BO2/c1-4-5-8-9-6(2)7(3)10-8/h4,6-7H,1,5H2,2-3H3/t6-,7-/m1/s1. The smallest absolute Gasteiger partial charge is 0.406 e. The molecule has 0 aromatic rings. The maximum Gasteiger partial charge on any atom is 0.461 e. The van der Waals surface area contributed by atoms with Crippen LogP contribution in [0.1, 0.15) is 13.8 Å². The first-order chi connectivity index (χ1) is 4.74. The van der Waals surface area contributed by atoms with E-state index in [2.05, 4.69) is 6.58 Å². The van der Waals surface area contributed by atoms with E-state index in [9.17, 15) is 0 Å². The van der Waals surface area contributed by atoms with Gasteiger partial charge in [-0.1, -0.05) is 6.08 Å². The molecule has 1 heterocycles. The molecule has 0 unspecified atom stereocenters. The summed E-state index contributed by atoms with van der Waals surface area (Å²) in [6.45, 7) is 7.66. The van der Waals surface area contributed by atoms with E-state index in [0.29, 0.717) is 0 Å². The zero-order valence-electron chi connectivity index (χ0n) is 6.54. The fourth-order valence-corrected chi connectivity index (χ4v) is 0.979. The van der Waals surface area contributed by atoms with Gasteiger partial charge in [-0.05, 0) is 13.8 Å². The fraction of sp³-hybridized carbons (Fsp3) is 0.714. The zero-order valence-corrected chi connectivity index (χ0v) is 6.54. The van der Waals surface area contributed by atoms with E-state index in [4.69, 9.17) is 9.31 Å². The Morgan fingerprint density at radius 1 is 1.40 bits per heavy atom. The summed E-state index contributed by atoms with van der Waals surface area (Å²) in [6, 6.07) is 0. The molecule has 1 rings (SSSR count). The van der Waals surface area contributed by atoms with Gasteiger partial charge in [0, 0.05) is 6.32 Å². The normalized spacial score (nSPS) is 32.8. The van der Waals surface area contributed by atoms with E-state index in [1.54, 1.807) is 0 Å². The van der Waals surface area contributed by atoms with Crippen LogP contribution in [0.3, 0.4) is 0 Å². The van der Waals surface area contributed by atoms with Crippen molar-refractivity contribution in [2.24, 2.45) is 0 Å². The van der Waals surface area contributed by atoms with Crippen LogP contribution in [0.2, 0.25) is 6.32 Å². The number of rotatable bonds is 2. The quantitative estimate of drug-likeness (QED) is 0.427. The van der Waals surface area contributed by atoms with Crippen molar-refractivity contribution in [1.82, 2.24) is 0 Å². The molecule has 2 nitrogen and oxygen atoms in total. The van der Waals surface area contributed by atoms with Crippen LogP contribution >= 0.6 is 0 Å². The maximum absolute atomic E-state index is 5.42. The topological polar surface area (TPSA) is 18.5 Å². The molecule has 56 valence electrons. The lowest BCUT2D eigenvalue weighted by molar-refractivity contribution is 0.187. The van der Waals surface area contributed by atoms with Gasteiger partial charge in [0.25, 0.3) is 0 Å². The third-order valence-corrected chi connectivity index (χ3v) is 1.75. The van der Waals surface area contributed by atoms with E-state index in [0.717, 1.165) is 6.32 Å². The maximum atomic E-state index is 5.42. The van der Waals surface area contributed by atoms with Crippen LogP contribution in [0.15, 0.2) is 12.7 Å². The Morgan fingerprint density at radius 3 is 2.30 bits per heavy atom. The zero-order chi connectivity index (χ0) is 7.56. The van der Waals surface area contributed by atoms with E-state index < -0.39 is 0 Å². The second kappa shape index (κ2) is 3.22. The second-order valence-electron chi connectivity index (χ2n) is 2.64. The average molecular weight is 140 g/mol. The molecular weight excluding hydrogens is 127 g/mol. The van der Waals surface area contributed by atoms with Crippen molar-refractivity contribution >= 4 is 7.12 Å². The Morgan fingerprint density at radius 2 is 1.90 bits per heavy atom. The molecule has 0 N–H and O–H groups in total. The van der Waals surface area contributed by atoms with Crippen LogP contribution in [0.25, 0.3) is 0 Å². The Balaban J connectivity index is 2.33. The number of allylic oxidation sites excluding steroid dienone is 1. The van der Waals surface area contributed by atoms with E-state index in [1.807, 2.05) is 19.9 Å². The van der Waals surface area contributed by atoms with Crippen molar-refractivity contribution in [1.29, 1.82) is 0 Å². The second-order valence-corrected chi connectivity index (χ2v) is 2.64. The van der Waals surface area contributed by atoms with Gasteiger partial charge < -0.3 is 9.31 Å². The summed E-state index contributed by atoms with van der Waals surface area (Å²) in [5.74, 6) is 0. The molecule has 0 aromatic carbocycles. The van der Waals surface area contributed by atoms with Crippen LogP contribution in [-0.4, -0.2) is 19.3 Å². The van der Waals surface area contributed by atoms with Crippen LogP contribution in [0.4, 0.5) is 0 Å². The highest BCUT2D eigenvalue weighted by Crippen LogP contribution is 2.17. The Labute approximate surface area is 62.4 Å². The molecule has 1 saturated heterocycles.